The lowest BCUT2D eigenvalue weighted by atomic mass is 10.1. The van der Waals surface area contributed by atoms with E-state index in [2.05, 4.69) is 4.74 Å². The van der Waals surface area contributed by atoms with Crippen LogP contribution in [0.2, 0.25) is 5.02 Å². The minimum Gasteiger partial charge on any atom is -0.452 e. The first-order valence-electron chi connectivity index (χ1n) is 6.87. The van der Waals surface area contributed by atoms with Crippen LogP contribution >= 0.6 is 11.6 Å². The van der Waals surface area contributed by atoms with Gasteiger partial charge >= 0.3 is 12.1 Å². The number of esters is 1. The van der Waals surface area contributed by atoms with Crippen LogP contribution in [0.3, 0.4) is 0 Å². The number of ether oxygens (including phenoxy) is 1. The Morgan fingerprint density at radius 2 is 1.69 bits per heavy atom. The van der Waals surface area contributed by atoms with E-state index in [0.717, 1.165) is 18.2 Å². The summed E-state index contributed by atoms with van der Waals surface area (Å²) >= 11 is 5.58. The third-order valence-corrected chi connectivity index (χ3v) is 3.38. The number of benzene rings is 2. The molecule has 0 fully saturated rings. The fourth-order valence-electron chi connectivity index (χ4n) is 1.91. The molecule has 2 aromatic rings. The summed E-state index contributed by atoms with van der Waals surface area (Å²) in [7, 11) is 0. The number of carbonyl (C=O) groups is 2. The van der Waals surface area contributed by atoms with Crippen LogP contribution in [0, 0.1) is 11.6 Å². The Bertz CT molecular complexity index is 854. The van der Waals surface area contributed by atoms with Gasteiger partial charge in [-0.1, -0.05) is 23.7 Å². The predicted molar refractivity (Wildman–Crippen MR) is 81.7 cm³/mol. The predicted octanol–water partition coefficient (Wildman–Crippen LogP) is 4.43. The van der Waals surface area contributed by atoms with E-state index in [1.54, 1.807) is 0 Å². The van der Waals surface area contributed by atoms with E-state index in [-0.39, 0.29) is 0 Å². The summed E-state index contributed by atoms with van der Waals surface area (Å²) in [4.78, 5) is 23.5. The average Bonchev–Trinajstić information content (AvgIpc) is 2.55. The largest absolute Gasteiger partial charge is 0.452 e. The molecule has 4 nitrogen and oxygen atoms in total. The number of amides is 1. The van der Waals surface area contributed by atoms with E-state index in [4.69, 9.17) is 11.6 Å². The highest BCUT2D eigenvalue weighted by atomic mass is 35.5. The molecule has 1 N–H and O–H groups in total. The lowest BCUT2D eigenvalue weighted by Gasteiger charge is -2.13. The van der Waals surface area contributed by atoms with Gasteiger partial charge in [0.25, 0.3) is 5.91 Å². The summed E-state index contributed by atoms with van der Waals surface area (Å²) in [5.74, 6) is -4.94. The zero-order valence-corrected chi connectivity index (χ0v) is 13.4. The number of hydrogen-bond acceptors (Lipinski definition) is 3. The molecule has 0 unspecified atom stereocenters. The summed E-state index contributed by atoms with van der Waals surface area (Å²) in [5.41, 5.74) is -2.13. The molecule has 0 bridgehead atoms. The zero-order chi connectivity index (χ0) is 19.5. The number of para-hydroxylation sites is 1. The minimum absolute atomic E-state index is 0.447. The SMILES string of the molecule is O=C(COC(=O)c1cc(F)c(F)cc1Cl)Nc1ccccc1C(F)(F)F. The number of hydrogen-bond donors (Lipinski definition) is 1. The maximum absolute atomic E-state index is 13.1. The van der Waals surface area contributed by atoms with Crippen LogP contribution in [-0.2, 0) is 15.7 Å². The Hall–Kier alpha value is -2.68. The molecule has 138 valence electrons. The van der Waals surface area contributed by atoms with Gasteiger partial charge in [-0.2, -0.15) is 13.2 Å². The van der Waals surface area contributed by atoms with Crippen LogP contribution in [0.4, 0.5) is 27.6 Å². The molecule has 0 atom stereocenters. The average molecular weight is 394 g/mol. The lowest BCUT2D eigenvalue weighted by molar-refractivity contribution is -0.137. The van der Waals surface area contributed by atoms with E-state index < -0.39 is 58.1 Å². The Labute approximate surface area is 148 Å². The molecule has 0 aromatic heterocycles. The molecule has 0 spiro atoms. The van der Waals surface area contributed by atoms with Crippen molar-refractivity contribution in [1.29, 1.82) is 0 Å². The molecule has 26 heavy (non-hydrogen) atoms. The van der Waals surface area contributed by atoms with Gasteiger partial charge in [0.1, 0.15) is 0 Å². The molecule has 0 aliphatic rings. The Morgan fingerprint density at radius 1 is 1.08 bits per heavy atom. The number of anilines is 1. The molecule has 0 heterocycles. The summed E-state index contributed by atoms with van der Waals surface area (Å²) in [6.07, 6.45) is -4.69. The van der Waals surface area contributed by atoms with Crippen molar-refractivity contribution >= 4 is 29.2 Å². The van der Waals surface area contributed by atoms with Crippen molar-refractivity contribution < 1.29 is 36.3 Å². The second-order valence-electron chi connectivity index (χ2n) is 4.91. The molecule has 1 amide bonds. The van der Waals surface area contributed by atoms with Gasteiger partial charge in [0.05, 0.1) is 21.8 Å². The van der Waals surface area contributed by atoms with Crippen molar-refractivity contribution in [1.82, 2.24) is 0 Å². The summed E-state index contributed by atoms with van der Waals surface area (Å²) in [5, 5.41) is 1.51. The number of nitrogens with one attached hydrogen (secondary N) is 1. The highest BCUT2D eigenvalue weighted by Gasteiger charge is 2.33. The fraction of sp³-hybridized carbons (Fsp3) is 0.125. The molecule has 0 saturated carbocycles. The standard InChI is InChI=1S/C16H9ClF5NO3/c17-10-6-12(19)11(18)5-8(10)15(25)26-7-14(24)23-13-4-2-1-3-9(13)16(20,21)22/h1-6H,7H2,(H,23,24). The van der Waals surface area contributed by atoms with Crippen LogP contribution in [-0.4, -0.2) is 18.5 Å². The van der Waals surface area contributed by atoms with Gasteiger partial charge in [0, 0.05) is 0 Å². The molecule has 2 rings (SSSR count). The van der Waals surface area contributed by atoms with Gasteiger partial charge in [0.2, 0.25) is 0 Å². The van der Waals surface area contributed by atoms with Crippen LogP contribution in [0.5, 0.6) is 0 Å². The van der Waals surface area contributed by atoms with Gasteiger partial charge in [-0.05, 0) is 24.3 Å². The number of carbonyl (C=O) groups excluding carboxylic acids is 2. The van der Waals surface area contributed by atoms with E-state index in [9.17, 15) is 31.5 Å². The molecular formula is C16H9ClF5NO3. The molecular weight excluding hydrogens is 385 g/mol. The third-order valence-electron chi connectivity index (χ3n) is 3.07. The number of alkyl halides is 3. The first kappa shape index (κ1) is 19.6. The number of rotatable bonds is 4. The van der Waals surface area contributed by atoms with E-state index in [1.807, 2.05) is 5.32 Å². The van der Waals surface area contributed by atoms with Gasteiger partial charge in [-0.3, -0.25) is 4.79 Å². The first-order valence-corrected chi connectivity index (χ1v) is 7.25. The Balaban J connectivity index is 2.04. The minimum atomic E-state index is -4.69. The maximum atomic E-state index is 13.1. The number of halogens is 6. The van der Waals surface area contributed by atoms with Crippen molar-refractivity contribution in [3.63, 3.8) is 0 Å². The molecule has 10 heteroatoms. The third kappa shape index (κ3) is 4.69. The Morgan fingerprint density at radius 3 is 2.35 bits per heavy atom. The second kappa shape index (κ2) is 7.69. The molecule has 0 aliphatic heterocycles. The van der Waals surface area contributed by atoms with Crippen LogP contribution in [0.15, 0.2) is 36.4 Å². The van der Waals surface area contributed by atoms with Crippen LogP contribution in [0.1, 0.15) is 15.9 Å². The second-order valence-corrected chi connectivity index (χ2v) is 5.32. The summed E-state index contributed by atoms with van der Waals surface area (Å²) in [6, 6.07) is 5.24. The zero-order valence-electron chi connectivity index (χ0n) is 12.7. The molecule has 0 radical (unpaired) electrons. The topological polar surface area (TPSA) is 55.4 Å². The highest BCUT2D eigenvalue weighted by molar-refractivity contribution is 6.33. The molecule has 0 saturated heterocycles. The van der Waals surface area contributed by atoms with Gasteiger partial charge in [0.15, 0.2) is 18.2 Å². The molecule has 0 aliphatic carbocycles. The smallest absolute Gasteiger partial charge is 0.418 e. The van der Waals surface area contributed by atoms with Gasteiger partial charge < -0.3 is 10.1 Å². The maximum Gasteiger partial charge on any atom is 0.418 e. The molecule has 2 aromatic carbocycles. The van der Waals surface area contributed by atoms with Crippen molar-refractivity contribution in [3.8, 4) is 0 Å². The van der Waals surface area contributed by atoms with E-state index in [0.29, 0.717) is 12.1 Å². The van der Waals surface area contributed by atoms with E-state index >= 15 is 0 Å². The van der Waals surface area contributed by atoms with Crippen molar-refractivity contribution in [2.24, 2.45) is 0 Å². The van der Waals surface area contributed by atoms with Crippen molar-refractivity contribution in [2.45, 2.75) is 6.18 Å². The fourth-order valence-corrected chi connectivity index (χ4v) is 2.14. The quantitative estimate of drug-likeness (QED) is 0.475. The van der Waals surface area contributed by atoms with Crippen molar-refractivity contribution in [3.05, 3.63) is 64.2 Å². The lowest BCUT2D eigenvalue weighted by Crippen LogP contribution is -2.23. The first-order chi connectivity index (χ1) is 12.1. The van der Waals surface area contributed by atoms with Crippen LogP contribution in [0.25, 0.3) is 0 Å². The van der Waals surface area contributed by atoms with Crippen molar-refractivity contribution in [2.75, 3.05) is 11.9 Å². The normalized spacial score (nSPS) is 11.2. The van der Waals surface area contributed by atoms with Gasteiger partial charge in [-0.25, -0.2) is 13.6 Å². The highest BCUT2D eigenvalue weighted by Crippen LogP contribution is 2.34. The van der Waals surface area contributed by atoms with Gasteiger partial charge in [-0.15, -0.1) is 0 Å². The van der Waals surface area contributed by atoms with Crippen LogP contribution < -0.4 is 5.32 Å². The summed E-state index contributed by atoms with van der Waals surface area (Å²) in [6.45, 7) is -0.958. The van der Waals surface area contributed by atoms with E-state index in [1.165, 1.54) is 6.07 Å². The monoisotopic (exact) mass is 393 g/mol. The summed E-state index contributed by atoms with van der Waals surface area (Å²) < 4.78 is 69.1. The Kier molecular flexibility index (Phi) is 5.81.